The van der Waals surface area contributed by atoms with Crippen molar-refractivity contribution >= 4 is 11.9 Å². The first-order valence-corrected chi connectivity index (χ1v) is 8.71. The van der Waals surface area contributed by atoms with Gasteiger partial charge in [-0.3, -0.25) is 4.79 Å². The standard InChI is InChI=1S/C16H29N7O/c1-5-9-17-16(18-10-15(24)22(3)4)19-12-7-8-14-20-13(6-2)21-23(14)11-12/h12H,5-11H2,1-4H3,(H2,17,18,19). The van der Waals surface area contributed by atoms with E-state index >= 15 is 0 Å². The van der Waals surface area contributed by atoms with Gasteiger partial charge in [0, 0.05) is 39.5 Å². The quantitative estimate of drug-likeness (QED) is 0.572. The van der Waals surface area contributed by atoms with E-state index < -0.39 is 0 Å². The number of fused-ring (bicyclic) bond motifs is 1. The van der Waals surface area contributed by atoms with Crippen molar-refractivity contribution in [2.45, 2.75) is 52.1 Å². The van der Waals surface area contributed by atoms with Gasteiger partial charge in [-0.05, 0) is 12.8 Å². The fourth-order valence-corrected chi connectivity index (χ4v) is 2.51. The zero-order valence-corrected chi connectivity index (χ0v) is 15.2. The van der Waals surface area contributed by atoms with E-state index in [9.17, 15) is 4.79 Å². The lowest BCUT2D eigenvalue weighted by Crippen LogP contribution is -2.47. The molecule has 8 heteroatoms. The van der Waals surface area contributed by atoms with Crippen molar-refractivity contribution in [1.29, 1.82) is 0 Å². The average molecular weight is 335 g/mol. The van der Waals surface area contributed by atoms with Crippen LogP contribution < -0.4 is 10.6 Å². The molecule has 1 aliphatic heterocycles. The summed E-state index contributed by atoms with van der Waals surface area (Å²) in [5, 5.41) is 11.2. The highest BCUT2D eigenvalue weighted by atomic mass is 16.2. The monoisotopic (exact) mass is 335 g/mol. The van der Waals surface area contributed by atoms with E-state index in [0.717, 1.165) is 50.4 Å². The van der Waals surface area contributed by atoms with E-state index in [-0.39, 0.29) is 18.5 Å². The lowest BCUT2D eigenvalue weighted by Gasteiger charge is -2.25. The third-order valence-corrected chi connectivity index (χ3v) is 3.97. The van der Waals surface area contributed by atoms with Gasteiger partial charge in [-0.1, -0.05) is 13.8 Å². The van der Waals surface area contributed by atoms with Crippen LogP contribution in [0.2, 0.25) is 0 Å². The number of aliphatic imine (C=N–C) groups is 1. The molecule has 1 unspecified atom stereocenters. The summed E-state index contributed by atoms with van der Waals surface area (Å²) in [5.74, 6) is 2.65. The molecule has 2 rings (SSSR count). The zero-order valence-electron chi connectivity index (χ0n) is 15.2. The molecule has 0 spiro atoms. The largest absolute Gasteiger partial charge is 0.356 e. The van der Waals surface area contributed by atoms with Crippen LogP contribution >= 0.6 is 0 Å². The second-order valence-corrected chi connectivity index (χ2v) is 6.24. The number of aryl methyl sites for hydroxylation is 2. The molecular weight excluding hydrogens is 306 g/mol. The maximum Gasteiger partial charge on any atom is 0.243 e. The summed E-state index contributed by atoms with van der Waals surface area (Å²) >= 11 is 0. The second-order valence-electron chi connectivity index (χ2n) is 6.24. The van der Waals surface area contributed by atoms with Gasteiger partial charge in [0.15, 0.2) is 11.8 Å². The number of amides is 1. The van der Waals surface area contributed by atoms with Crippen LogP contribution in [-0.2, 0) is 24.2 Å². The molecule has 0 fully saturated rings. The van der Waals surface area contributed by atoms with Crippen LogP contribution in [-0.4, -0.2) is 64.8 Å². The smallest absolute Gasteiger partial charge is 0.243 e. The number of carbonyl (C=O) groups is 1. The van der Waals surface area contributed by atoms with E-state index in [1.807, 2.05) is 4.68 Å². The Labute approximate surface area is 143 Å². The summed E-state index contributed by atoms with van der Waals surface area (Å²) in [6.45, 7) is 5.91. The summed E-state index contributed by atoms with van der Waals surface area (Å²) < 4.78 is 1.99. The number of hydrogen-bond donors (Lipinski definition) is 2. The molecule has 1 aromatic heterocycles. The molecule has 0 aromatic carbocycles. The Bertz CT molecular complexity index is 579. The van der Waals surface area contributed by atoms with Crippen LogP contribution in [0.1, 0.15) is 38.3 Å². The van der Waals surface area contributed by atoms with E-state index in [1.165, 1.54) is 0 Å². The number of nitrogens with zero attached hydrogens (tertiary/aromatic N) is 5. The molecule has 1 atom stereocenters. The van der Waals surface area contributed by atoms with Gasteiger partial charge in [0.05, 0.1) is 6.54 Å². The highest BCUT2D eigenvalue weighted by Crippen LogP contribution is 2.13. The highest BCUT2D eigenvalue weighted by Gasteiger charge is 2.22. The number of guanidine groups is 1. The van der Waals surface area contributed by atoms with Crippen molar-refractivity contribution in [3.05, 3.63) is 11.6 Å². The van der Waals surface area contributed by atoms with Crippen molar-refractivity contribution in [3.63, 3.8) is 0 Å². The molecule has 1 aromatic rings. The maximum absolute atomic E-state index is 11.8. The Kier molecular flexibility index (Phi) is 6.57. The van der Waals surface area contributed by atoms with Gasteiger partial charge in [0.2, 0.25) is 5.91 Å². The maximum atomic E-state index is 11.8. The molecular formula is C16H29N7O. The van der Waals surface area contributed by atoms with Gasteiger partial charge in [-0.25, -0.2) is 14.7 Å². The molecule has 2 heterocycles. The van der Waals surface area contributed by atoms with Gasteiger partial charge in [0.1, 0.15) is 12.4 Å². The molecule has 8 nitrogen and oxygen atoms in total. The van der Waals surface area contributed by atoms with Gasteiger partial charge in [-0.15, -0.1) is 0 Å². The highest BCUT2D eigenvalue weighted by molar-refractivity contribution is 5.84. The third kappa shape index (κ3) is 4.94. The fourth-order valence-electron chi connectivity index (χ4n) is 2.51. The summed E-state index contributed by atoms with van der Waals surface area (Å²) in [6, 6.07) is 0.237. The van der Waals surface area contributed by atoms with E-state index in [1.54, 1.807) is 19.0 Å². The fraction of sp³-hybridized carbons (Fsp3) is 0.750. The third-order valence-electron chi connectivity index (χ3n) is 3.97. The van der Waals surface area contributed by atoms with Crippen molar-refractivity contribution < 1.29 is 4.79 Å². The van der Waals surface area contributed by atoms with E-state index in [2.05, 4.69) is 39.6 Å². The Morgan fingerprint density at radius 2 is 2.21 bits per heavy atom. The normalized spacial score (nSPS) is 17.3. The lowest BCUT2D eigenvalue weighted by molar-refractivity contribution is -0.127. The molecule has 0 bridgehead atoms. The Balaban J connectivity index is 1.98. The predicted octanol–water partition coefficient (Wildman–Crippen LogP) is 0.189. The number of carbonyl (C=O) groups excluding carboxylic acids is 1. The number of aromatic nitrogens is 3. The predicted molar refractivity (Wildman–Crippen MR) is 93.9 cm³/mol. The molecule has 24 heavy (non-hydrogen) atoms. The van der Waals surface area contributed by atoms with Crippen molar-refractivity contribution in [1.82, 2.24) is 30.3 Å². The number of hydrogen-bond acceptors (Lipinski definition) is 4. The topological polar surface area (TPSA) is 87.4 Å². The minimum absolute atomic E-state index is 0.0117. The van der Waals surface area contributed by atoms with Crippen LogP contribution in [0.4, 0.5) is 0 Å². The summed E-state index contributed by atoms with van der Waals surface area (Å²) in [4.78, 5) is 22.3. The Hall–Kier alpha value is -2.12. The number of rotatable bonds is 6. The van der Waals surface area contributed by atoms with Crippen LogP contribution in [0.15, 0.2) is 4.99 Å². The molecule has 1 amide bonds. The molecule has 1 aliphatic rings. The van der Waals surface area contributed by atoms with Gasteiger partial charge < -0.3 is 15.5 Å². The van der Waals surface area contributed by atoms with Crippen LogP contribution in [0, 0.1) is 0 Å². The summed E-state index contributed by atoms with van der Waals surface area (Å²) in [6.07, 6.45) is 3.74. The minimum Gasteiger partial charge on any atom is -0.356 e. The van der Waals surface area contributed by atoms with Crippen LogP contribution in [0.25, 0.3) is 0 Å². The molecule has 2 N–H and O–H groups in total. The van der Waals surface area contributed by atoms with Gasteiger partial charge >= 0.3 is 0 Å². The summed E-state index contributed by atoms with van der Waals surface area (Å²) in [7, 11) is 3.48. The second kappa shape index (κ2) is 8.65. The molecule has 0 saturated heterocycles. The molecule has 0 aliphatic carbocycles. The zero-order chi connectivity index (χ0) is 17.5. The Morgan fingerprint density at radius 3 is 2.88 bits per heavy atom. The number of nitrogens with one attached hydrogen (secondary N) is 2. The first-order chi connectivity index (χ1) is 11.5. The molecule has 0 radical (unpaired) electrons. The molecule has 0 saturated carbocycles. The van der Waals surface area contributed by atoms with Crippen molar-refractivity contribution in [2.75, 3.05) is 27.2 Å². The van der Waals surface area contributed by atoms with Crippen molar-refractivity contribution in [2.24, 2.45) is 4.99 Å². The minimum atomic E-state index is -0.0117. The molecule has 134 valence electrons. The van der Waals surface area contributed by atoms with Gasteiger partial charge in [-0.2, -0.15) is 5.10 Å². The van der Waals surface area contributed by atoms with Crippen molar-refractivity contribution in [3.8, 4) is 0 Å². The van der Waals surface area contributed by atoms with E-state index in [0.29, 0.717) is 5.96 Å². The first kappa shape index (κ1) is 18.2. The lowest BCUT2D eigenvalue weighted by atomic mass is 10.1. The first-order valence-electron chi connectivity index (χ1n) is 8.71. The van der Waals surface area contributed by atoms with Gasteiger partial charge in [0.25, 0.3) is 0 Å². The van der Waals surface area contributed by atoms with Crippen LogP contribution in [0.5, 0.6) is 0 Å². The Morgan fingerprint density at radius 1 is 1.42 bits per heavy atom. The van der Waals surface area contributed by atoms with E-state index in [4.69, 9.17) is 0 Å². The van der Waals surface area contributed by atoms with Crippen LogP contribution in [0.3, 0.4) is 0 Å². The summed E-state index contributed by atoms with van der Waals surface area (Å²) in [5.41, 5.74) is 0. The SMILES string of the molecule is CCCNC(=NCC(=O)N(C)C)NC1CCc2nc(CC)nn2C1. The number of likely N-dealkylation sites (N-methyl/N-ethyl adjacent to an activating group) is 1. The average Bonchev–Trinajstić information content (AvgIpc) is 2.99.